The van der Waals surface area contributed by atoms with Crippen LogP contribution in [0.5, 0.6) is 0 Å². The number of nitrogens with zero attached hydrogens (tertiary/aromatic N) is 4. The van der Waals surface area contributed by atoms with Crippen molar-refractivity contribution in [3.8, 4) is 11.5 Å². The molecule has 0 unspecified atom stereocenters. The highest BCUT2D eigenvalue weighted by atomic mass is 16.4. The first-order valence-corrected chi connectivity index (χ1v) is 9.74. The molecular weight excluding hydrogens is 336 g/mol. The lowest BCUT2D eigenvalue weighted by molar-refractivity contribution is 0.186. The lowest BCUT2D eigenvalue weighted by Crippen LogP contribution is -2.34. The first-order chi connectivity index (χ1) is 13.2. The van der Waals surface area contributed by atoms with Gasteiger partial charge in [-0.3, -0.25) is 9.88 Å². The monoisotopic (exact) mass is 362 g/mol. The van der Waals surface area contributed by atoms with Gasteiger partial charge in [-0.1, -0.05) is 38.1 Å². The second-order valence-electron chi connectivity index (χ2n) is 7.66. The van der Waals surface area contributed by atoms with Gasteiger partial charge in [0.2, 0.25) is 11.8 Å². The minimum atomic E-state index is 0.298. The molecule has 1 aromatic carbocycles. The lowest BCUT2D eigenvalue weighted by Gasteiger charge is -2.31. The predicted octanol–water partition coefficient (Wildman–Crippen LogP) is 4.63. The average molecular weight is 362 g/mol. The minimum Gasteiger partial charge on any atom is -0.420 e. The van der Waals surface area contributed by atoms with Crippen LogP contribution in [0.4, 0.5) is 0 Å². The van der Waals surface area contributed by atoms with Crippen molar-refractivity contribution in [2.45, 2.75) is 45.1 Å². The summed E-state index contributed by atoms with van der Waals surface area (Å²) in [5.74, 6) is 2.17. The Bertz CT molecular complexity index is 858. The van der Waals surface area contributed by atoms with Crippen molar-refractivity contribution < 1.29 is 4.42 Å². The molecule has 3 heterocycles. The van der Waals surface area contributed by atoms with E-state index < -0.39 is 0 Å². The molecule has 4 rings (SSSR count). The molecule has 27 heavy (non-hydrogen) atoms. The zero-order valence-corrected chi connectivity index (χ0v) is 16.0. The Labute approximate surface area is 160 Å². The first kappa shape index (κ1) is 17.9. The van der Waals surface area contributed by atoms with E-state index in [1.807, 2.05) is 12.1 Å². The zero-order valence-electron chi connectivity index (χ0n) is 16.0. The molecule has 0 spiro atoms. The maximum atomic E-state index is 5.96. The summed E-state index contributed by atoms with van der Waals surface area (Å²) >= 11 is 0. The Balaban J connectivity index is 1.41. The number of likely N-dealkylation sites (tertiary alicyclic amines) is 1. The van der Waals surface area contributed by atoms with Crippen LogP contribution in [0, 0.1) is 0 Å². The molecule has 140 valence electrons. The van der Waals surface area contributed by atoms with E-state index in [4.69, 9.17) is 4.42 Å². The third-order valence-electron chi connectivity index (χ3n) is 5.26. The van der Waals surface area contributed by atoms with Gasteiger partial charge in [0.05, 0.1) is 11.5 Å². The minimum absolute atomic E-state index is 0.298. The molecule has 0 saturated carbocycles. The van der Waals surface area contributed by atoms with Gasteiger partial charge < -0.3 is 4.42 Å². The first-order valence-electron chi connectivity index (χ1n) is 9.74. The number of hydrogen-bond donors (Lipinski definition) is 0. The van der Waals surface area contributed by atoms with Crippen LogP contribution in [-0.4, -0.2) is 33.2 Å². The van der Waals surface area contributed by atoms with Crippen molar-refractivity contribution in [3.05, 3.63) is 65.8 Å². The van der Waals surface area contributed by atoms with Gasteiger partial charge in [0, 0.05) is 25.5 Å². The van der Waals surface area contributed by atoms with Crippen LogP contribution in [0.15, 0.2) is 53.2 Å². The van der Waals surface area contributed by atoms with Crippen molar-refractivity contribution in [3.63, 3.8) is 0 Å². The Morgan fingerprint density at radius 1 is 1.15 bits per heavy atom. The van der Waals surface area contributed by atoms with E-state index >= 15 is 0 Å². The number of hydrogen-bond acceptors (Lipinski definition) is 5. The third kappa shape index (κ3) is 4.25. The number of piperidine rings is 1. The summed E-state index contributed by atoms with van der Waals surface area (Å²) in [5, 5.41) is 8.54. The second-order valence-corrected chi connectivity index (χ2v) is 7.66. The highest BCUT2D eigenvalue weighted by molar-refractivity contribution is 5.50. The normalized spacial score (nSPS) is 18.1. The van der Waals surface area contributed by atoms with Crippen LogP contribution >= 0.6 is 0 Å². The second kappa shape index (κ2) is 8.01. The van der Waals surface area contributed by atoms with E-state index in [0.29, 0.717) is 17.7 Å². The van der Waals surface area contributed by atoms with E-state index in [-0.39, 0.29) is 0 Å². The predicted molar refractivity (Wildman–Crippen MR) is 105 cm³/mol. The quantitative estimate of drug-likeness (QED) is 0.662. The molecule has 0 N–H and O–H groups in total. The molecule has 5 nitrogen and oxygen atoms in total. The highest BCUT2D eigenvalue weighted by Crippen LogP contribution is 2.29. The SMILES string of the molecule is CC(C)c1ccc(CN2CCC[C@@H](c3nnc(-c4cccnc4)o3)C2)cc1. The maximum Gasteiger partial charge on any atom is 0.249 e. The summed E-state index contributed by atoms with van der Waals surface area (Å²) in [6, 6.07) is 12.8. The standard InChI is InChI=1S/C22H26N4O/c1-16(2)18-9-7-17(8-10-18)14-26-12-4-6-20(15-26)22-25-24-21(27-22)19-5-3-11-23-13-19/h3,5,7-11,13,16,20H,4,6,12,14-15H2,1-2H3/t20-/m1/s1. The third-order valence-corrected chi connectivity index (χ3v) is 5.26. The smallest absolute Gasteiger partial charge is 0.249 e. The van der Waals surface area contributed by atoms with Gasteiger partial charge in [0.25, 0.3) is 0 Å². The Morgan fingerprint density at radius 2 is 2.00 bits per heavy atom. The molecule has 3 aromatic rings. The van der Waals surface area contributed by atoms with Gasteiger partial charge in [-0.2, -0.15) is 0 Å². The van der Waals surface area contributed by atoms with Gasteiger partial charge in [-0.05, 0) is 48.6 Å². The molecule has 5 heteroatoms. The largest absolute Gasteiger partial charge is 0.420 e. The van der Waals surface area contributed by atoms with Crippen LogP contribution < -0.4 is 0 Å². The Morgan fingerprint density at radius 3 is 2.74 bits per heavy atom. The summed E-state index contributed by atoms with van der Waals surface area (Å²) < 4.78 is 5.96. The average Bonchev–Trinajstić information content (AvgIpc) is 3.20. The summed E-state index contributed by atoms with van der Waals surface area (Å²) in [4.78, 5) is 6.62. The van der Waals surface area contributed by atoms with Gasteiger partial charge >= 0.3 is 0 Å². The van der Waals surface area contributed by atoms with Crippen molar-refractivity contribution in [1.29, 1.82) is 0 Å². The lowest BCUT2D eigenvalue weighted by atomic mass is 9.97. The fourth-order valence-electron chi connectivity index (χ4n) is 3.67. The number of rotatable bonds is 5. The molecule has 0 amide bonds. The van der Waals surface area contributed by atoms with Crippen molar-refractivity contribution in [1.82, 2.24) is 20.1 Å². The van der Waals surface area contributed by atoms with Gasteiger partial charge in [0.15, 0.2) is 0 Å². The molecule has 1 atom stereocenters. The summed E-state index contributed by atoms with van der Waals surface area (Å²) in [6.45, 7) is 7.51. The van der Waals surface area contributed by atoms with Crippen LogP contribution in [0.1, 0.15) is 55.5 Å². The van der Waals surface area contributed by atoms with Gasteiger partial charge in [0.1, 0.15) is 0 Å². The number of benzene rings is 1. The number of aromatic nitrogens is 3. The van der Waals surface area contributed by atoms with Crippen LogP contribution in [0.3, 0.4) is 0 Å². The summed E-state index contributed by atoms with van der Waals surface area (Å²) in [6.07, 6.45) is 5.75. The molecule has 0 aliphatic carbocycles. The van der Waals surface area contributed by atoms with Crippen LogP contribution in [0.25, 0.3) is 11.5 Å². The fraction of sp³-hybridized carbons (Fsp3) is 0.409. The molecule has 1 aliphatic heterocycles. The van der Waals surface area contributed by atoms with Crippen molar-refractivity contribution >= 4 is 0 Å². The molecule has 1 fully saturated rings. The fourth-order valence-corrected chi connectivity index (χ4v) is 3.67. The maximum absolute atomic E-state index is 5.96. The molecule has 0 bridgehead atoms. The van der Waals surface area contributed by atoms with E-state index in [1.54, 1.807) is 12.4 Å². The van der Waals surface area contributed by atoms with E-state index in [0.717, 1.165) is 43.9 Å². The van der Waals surface area contributed by atoms with Gasteiger partial charge in [-0.15, -0.1) is 10.2 Å². The van der Waals surface area contributed by atoms with Crippen LogP contribution in [-0.2, 0) is 6.54 Å². The van der Waals surface area contributed by atoms with Crippen molar-refractivity contribution in [2.24, 2.45) is 0 Å². The topological polar surface area (TPSA) is 55.1 Å². The summed E-state index contributed by atoms with van der Waals surface area (Å²) in [5.41, 5.74) is 3.62. The Kier molecular flexibility index (Phi) is 5.30. The zero-order chi connectivity index (χ0) is 18.6. The van der Waals surface area contributed by atoms with E-state index in [2.05, 4.69) is 58.2 Å². The molecule has 0 radical (unpaired) electrons. The van der Waals surface area contributed by atoms with Gasteiger partial charge in [-0.25, -0.2) is 0 Å². The summed E-state index contributed by atoms with van der Waals surface area (Å²) in [7, 11) is 0. The number of pyridine rings is 1. The molecule has 1 saturated heterocycles. The molecular formula is C22H26N4O. The molecule has 2 aromatic heterocycles. The molecule has 1 aliphatic rings. The van der Waals surface area contributed by atoms with Crippen LogP contribution in [0.2, 0.25) is 0 Å². The highest BCUT2D eigenvalue weighted by Gasteiger charge is 2.26. The van der Waals surface area contributed by atoms with Crippen molar-refractivity contribution in [2.75, 3.05) is 13.1 Å². The Hall–Kier alpha value is -2.53. The van der Waals surface area contributed by atoms with E-state index in [9.17, 15) is 0 Å². The van der Waals surface area contributed by atoms with E-state index in [1.165, 1.54) is 11.1 Å².